The third-order valence-electron chi connectivity index (χ3n) is 3.45. The summed E-state index contributed by atoms with van der Waals surface area (Å²) in [5.41, 5.74) is 1.96. The number of aromatic nitrogens is 3. The first-order valence-electron chi connectivity index (χ1n) is 7.58. The number of anilines is 1. The van der Waals surface area contributed by atoms with Gasteiger partial charge in [0.15, 0.2) is 5.82 Å². The Balaban J connectivity index is 1.47. The van der Waals surface area contributed by atoms with Gasteiger partial charge >= 0.3 is 0 Å². The van der Waals surface area contributed by atoms with E-state index in [0.29, 0.717) is 6.61 Å². The van der Waals surface area contributed by atoms with Crippen LogP contribution in [0.2, 0.25) is 0 Å². The molecule has 0 unspecified atom stereocenters. The first-order chi connectivity index (χ1) is 11.3. The quantitative estimate of drug-likeness (QED) is 0.680. The minimum atomic E-state index is 0.640. The Morgan fingerprint density at radius 2 is 1.96 bits per heavy atom. The zero-order valence-electron chi connectivity index (χ0n) is 13.3. The Kier molecular flexibility index (Phi) is 4.61. The van der Waals surface area contributed by atoms with Gasteiger partial charge in [-0.1, -0.05) is 0 Å². The van der Waals surface area contributed by atoms with E-state index in [1.54, 1.807) is 13.3 Å². The lowest BCUT2D eigenvalue weighted by Gasteiger charge is -2.09. The molecule has 3 aromatic rings. The van der Waals surface area contributed by atoms with Crippen molar-refractivity contribution in [3.8, 4) is 11.5 Å². The number of rotatable bonds is 7. The van der Waals surface area contributed by atoms with Crippen molar-refractivity contribution in [3.05, 3.63) is 48.4 Å². The highest BCUT2D eigenvalue weighted by molar-refractivity contribution is 5.67. The van der Waals surface area contributed by atoms with Gasteiger partial charge in [0.25, 0.3) is 0 Å². The molecule has 0 aliphatic heterocycles. The summed E-state index contributed by atoms with van der Waals surface area (Å²) in [4.78, 5) is 4.37. The largest absolute Gasteiger partial charge is 0.497 e. The molecule has 0 bridgehead atoms. The van der Waals surface area contributed by atoms with Crippen LogP contribution in [0.5, 0.6) is 11.5 Å². The minimum absolute atomic E-state index is 0.640. The van der Waals surface area contributed by atoms with Crippen LogP contribution >= 0.6 is 0 Å². The molecule has 0 amide bonds. The van der Waals surface area contributed by atoms with E-state index in [-0.39, 0.29) is 0 Å². The van der Waals surface area contributed by atoms with Crippen LogP contribution in [0.25, 0.3) is 5.52 Å². The monoisotopic (exact) mass is 312 g/mol. The lowest BCUT2D eigenvalue weighted by atomic mass is 10.3. The van der Waals surface area contributed by atoms with Crippen molar-refractivity contribution in [1.29, 1.82) is 0 Å². The second-order valence-electron chi connectivity index (χ2n) is 5.20. The molecule has 0 saturated heterocycles. The summed E-state index contributed by atoms with van der Waals surface area (Å²) in [6, 6.07) is 9.61. The van der Waals surface area contributed by atoms with E-state index in [9.17, 15) is 0 Å². The van der Waals surface area contributed by atoms with Crippen molar-refractivity contribution in [2.24, 2.45) is 0 Å². The van der Waals surface area contributed by atoms with Crippen molar-refractivity contribution in [2.45, 2.75) is 13.3 Å². The lowest BCUT2D eigenvalue weighted by molar-refractivity contribution is 0.314. The molecular weight excluding hydrogens is 292 g/mol. The van der Waals surface area contributed by atoms with E-state index < -0.39 is 0 Å². The van der Waals surface area contributed by atoms with Crippen molar-refractivity contribution in [3.63, 3.8) is 0 Å². The van der Waals surface area contributed by atoms with Gasteiger partial charge in [0.1, 0.15) is 17.0 Å². The molecule has 2 aromatic heterocycles. The Bertz CT molecular complexity index is 768. The van der Waals surface area contributed by atoms with Crippen molar-refractivity contribution < 1.29 is 9.47 Å². The van der Waals surface area contributed by atoms with E-state index >= 15 is 0 Å². The number of aryl methyl sites for hydroxylation is 1. The summed E-state index contributed by atoms with van der Waals surface area (Å²) in [6.07, 6.45) is 4.47. The van der Waals surface area contributed by atoms with Crippen LogP contribution in [-0.4, -0.2) is 34.9 Å². The maximum Gasteiger partial charge on any atom is 0.152 e. The first kappa shape index (κ1) is 15.1. The molecule has 1 N–H and O–H groups in total. The molecule has 0 spiro atoms. The van der Waals surface area contributed by atoms with Crippen LogP contribution < -0.4 is 14.8 Å². The standard InChI is InChI=1S/C17H20N4O2/c1-13-12-16-17(19-9-10-21(16)20-13)18-8-3-11-23-15-6-4-14(22-2)5-7-15/h4-7,9-10,12H,3,8,11H2,1-2H3,(H,18,19). The van der Waals surface area contributed by atoms with Crippen molar-refractivity contribution in [2.75, 3.05) is 25.6 Å². The summed E-state index contributed by atoms with van der Waals surface area (Å²) >= 11 is 0. The fourth-order valence-corrected chi connectivity index (χ4v) is 2.32. The number of fused-ring (bicyclic) bond motifs is 1. The van der Waals surface area contributed by atoms with Crippen molar-refractivity contribution >= 4 is 11.3 Å². The molecule has 2 heterocycles. The second-order valence-corrected chi connectivity index (χ2v) is 5.20. The maximum absolute atomic E-state index is 5.70. The zero-order valence-corrected chi connectivity index (χ0v) is 13.3. The predicted octanol–water partition coefficient (Wildman–Crippen LogP) is 2.93. The third-order valence-corrected chi connectivity index (χ3v) is 3.45. The SMILES string of the molecule is COc1ccc(OCCCNc2nccn3nc(C)cc23)cc1. The van der Waals surface area contributed by atoms with Gasteiger partial charge in [0.05, 0.1) is 19.4 Å². The number of hydrogen-bond acceptors (Lipinski definition) is 5. The summed E-state index contributed by atoms with van der Waals surface area (Å²) in [5.74, 6) is 2.52. The van der Waals surface area contributed by atoms with Gasteiger partial charge in [-0.05, 0) is 43.7 Å². The predicted molar refractivity (Wildman–Crippen MR) is 89.3 cm³/mol. The van der Waals surface area contributed by atoms with Crippen LogP contribution in [0, 0.1) is 6.92 Å². The molecule has 1 aromatic carbocycles. The van der Waals surface area contributed by atoms with Gasteiger partial charge in [-0.15, -0.1) is 0 Å². The van der Waals surface area contributed by atoms with Gasteiger partial charge in [-0.2, -0.15) is 5.10 Å². The molecule has 6 nitrogen and oxygen atoms in total. The number of ether oxygens (including phenoxy) is 2. The average Bonchev–Trinajstić information content (AvgIpc) is 2.96. The smallest absolute Gasteiger partial charge is 0.152 e. The Labute approximate surface area is 135 Å². The average molecular weight is 312 g/mol. The molecule has 3 rings (SSSR count). The molecule has 23 heavy (non-hydrogen) atoms. The van der Waals surface area contributed by atoms with Gasteiger partial charge in [-0.25, -0.2) is 9.50 Å². The lowest BCUT2D eigenvalue weighted by Crippen LogP contribution is -2.09. The van der Waals surface area contributed by atoms with E-state index in [1.165, 1.54) is 0 Å². The first-order valence-corrected chi connectivity index (χ1v) is 7.58. The summed E-state index contributed by atoms with van der Waals surface area (Å²) in [7, 11) is 1.65. The maximum atomic E-state index is 5.70. The molecule has 0 aliphatic carbocycles. The molecule has 0 fully saturated rings. The summed E-state index contributed by atoms with van der Waals surface area (Å²) < 4.78 is 12.7. The second kappa shape index (κ2) is 7.00. The van der Waals surface area contributed by atoms with Gasteiger partial charge < -0.3 is 14.8 Å². The normalized spacial score (nSPS) is 10.7. The zero-order chi connectivity index (χ0) is 16.1. The van der Waals surface area contributed by atoms with Crippen molar-refractivity contribution in [1.82, 2.24) is 14.6 Å². The number of benzene rings is 1. The van der Waals surface area contributed by atoms with E-state index in [1.807, 2.05) is 48.0 Å². The Hall–Kier alpha value is -2.76. The Morgan fingerprint density at radius 3 is 2.74 bits per heavy atom. The van der Waals surface area contributed by atoms with E-state index in [2.05, 4.69) is 15.4 Å². The Morgan fingerprint density at radius 1 is 1.17 bits per heavy atom. The van der Waals surface area contributed by atoms with Gasteiger partial charge in [-0.3, -0.25) is 0 Å². The van der Waals surface area contributed by atoms with E-state index in [0.717, 1.165) is 41.5 Å². The highest BCUT2D eigenvalue weighted by atomic mass is 16.5. The molecule has 120 valence electrons. The molecular formula is C17H20N4O2. The van der Waals surface area contributed by atoms with Crippen LogP contribution in [0.4, 0.5) is 5.82 Å². The third kappa shape index (κ3) is 3.71. The van der Waals surface area contributed by atoms with Crippen LogP contribution in [0.3, 0.4) is 0 Å². The highest BCUT2D eigenvalue weighted by Crippen LogP contribution is 2.17. The van der Waals surface area contributed by atoms with Crippen LogP contribution in [0.1, 0.15) is 12.1 Å². The molecule has 0 atom stereocenters. The number of nitrogens with one attached hydrogen (secondary N) is 1. The van der Waals surface area contributed by atoms with Gasteiger partial charge in [0.2, 0.25) is 0 Å². The number of methoxy groups -OCH3 is 1. The molecule has 6 heteroatoms. The fourth-order valence-electron chi connectivity index (χ4n) is 2.32. The summed E-state index contributed by atoms with van der Waals surface area (Å²) in [6.45, 7) is 3.40. The molecule has 0 radical (unpaired) electrons. The number of nitrogens with zero attached hydrogens (tertiary/aromatic N) is 3. The van der Waals surface area contributed by atoms with Crippen LogP contribution in [0.15, 0.2) is 42.7 Å². The fraction of sp³-hybridized carbons (Fsp3) is 0.294. The summed E-state index contributed by atoms with van der Waals surface area (Å²) in [5, 5.41) is 7.71. The molecule has 0 saturated carbocycles. The van der Waals surface area contributed by atoms with Crippen LogP contribution in [-0.2, 0) is 0 Å². The topological polar surface area (TPSA) is 60.7 Å². The van der Waals surface area contributed by atoms with E-state index in [4.69, 9.17) is 9.47 Å². The van der Waals surface area contributed by atoms with Gasteiger partial charge in [0, 0.05) is 18.9 Å². The minimum Gasteiger partial charge on any atom is -0.497 e. The number of hydrogen-bond donors (Lipinski definition) is 1. The molecule has 0 aliphatic rings. The highest BCUT2D eigenvalue weighted by Gasteiger charge is 2.04.